The van der Waals surface area contributed by atoms with Gasteiger partial charge < -0.3 is 15.5 Å². The highest BCUT2D eigenvalue weighted by atomic mass is 16.2. The van der Waals surface area contributed by atoms with E-state index in [0.717, 1.165) is 19.4 Å². The van der Waals surface area contributed by atoms with Crippen LogP contribution in [0.1, 0.15) is 33.6 Å². The van der Waals surface area contributed by atoms with Gasteiger partial charge in [-0.25, -0.2) is 0 Å². The summed E-state index contributed by atoms with van der Waals surface area (Å²) in [7, 11) is 1.77. The first-order valence-corrected chi connectivity index (χ1v) is 6.62. The highest BCUT2D eigenvalue weighted by Crippen LogP contribution is 2.20. The third kappa shape index (κ3) is 3.45. The standard InChI is InChI=1S/C13H25N3O2/c1-9(2)12(14)13(18)16-7-5-6-11(16)8-15(4)10(3)17/h9,11-12H,5-8,14H2,1-4H3/t11-,12+/m1/s1. The maximum atomic E-state index is 12.2. The highest BCUT2D eigenvalue weighted by molar-refractivity contribution is 5.82. The smallest absolute Gasteiger partial charge is 0.240 e. The number of carbonyl (C=O) groups is 2. The Kier molecular flexibility index (Phi) is 5.14. The van der Waals surface area contributed by atoms with Gasteiger partial charge in [-0.05, 0) is 18.8 Å². The predicted molar refractivity (Wildman–Crippen MR) is 70.9 cm³/mol. The molecule has 0 aliphatic carbocycles. The molecule has 0 radical (unpaired) electrons. The average Bonchev–Trinajstić information content (AvgIpc) is 2.74. The zero-order valence-corrected chi connectivity index (χ0v) is 11.8. The van der Waals surface area contributed by atoms with Gasteiger partial charge in [0, 0.05) is 33.1 Å². The molecular formula is C13H25N3O2. The fourth-order valence-electron chi connectivity index (χ4n) is 2.24. The van der Waals surface area contributed by atoms with Crippen LogP contribution in [-0.4, -0.2) is 53.8 Å². The fraction of sp³-hybridized carbons (Fsp3) is 0.846. The van der Waals surface area contributed by atoms with Crippen LogP contribution in [-0.2, 0) is 9.59 Å². The van der Waals surface area contributed by atoms with Gasteiger partial charge in [-0.1, -0.05) is 13.8 Å². The minimum atomic E-state index is -0.437. The van der Waals surface area contributed by atoms with Crippen molar-refractivity contribution in [3.8, 4) is 0 Å². The molecular weight excluding hydrogens is 230 g/mol. The molecule has 0 aromatic rings. The molecule has 104 valence electrons. The van der Waals surface area contributed by atoms with Crippen LogP contribution in [0.25, 0.3) is 0 Å². The molecule has 0 unspecified atom stereocenters. The summed E-state index contributed by atoms with van der Waals surface area (Å²) in [6.45, 7) is 6.81. The molecule has 2 amide bonds. The lowest BCUT2D eigenvalue weighted by Crippen LogP contribution is -2.51. The van der Waals surface area contributed by atoms with Crippen LogP contribution in [0.5, 0.6) is 0 Å². The van der Waals surface area contributed by atoms with Gasteiger partial charge in [0.2, 0.25) is 11.8 Å². The Morgan fingerprint density at radius 1 is 1.44 bits per heavy atom. The van der Waals surface area contributed by atoms with E-state index in [0.29, 0.717) is 6.54 Å². The van der Waals surface area contributed by atoms with Crippen LogP contribution in [0.4, 0.5) is 0 Å². The number of hydrogen-bond acceptors (Lipinski definition) is 3. The van der Waals surface area contributed by atoms with Crippen LogP contribution < -0.4 is 5.73 Å². The summed E-state index contributed by atoms with van der Waals surface area (Å²) in [6, 6.07) is -0.315. The Labute approximate surface area is 109 Å². The number of carbonyl (C=O) groups excluding carboxylic acids is 2. The molecule has 1 saturated heterocycles. The molecule has 1 aliphatic rings. The second-order valence-corrected chi connectivity index (χ2v) is 5.50. The van der Waals surface area contributed by atoms with Gasteiger partial charge in [0.1, 0.15) is 0 Å². The summed E-state index contributed by atoms with van der Waals surface area (Å²) in [4.78, 5) is 27.0. The van der Waals surface area contributed by atoms with Crippen LogP contribution in [0.2, 0.25) is 0 Å². The molecule has 2 N–H and O–H groups in total. The molecule has 5 nitrogen and oxygen atoms in total. The first-order chi connectivity index (χ1) is 8.34. The van der Waals surface area contributed by atoms with E-state index in [1.807, 2.05) is 18.7 Å². The maximum Gasteiger partial charge on any atom is 0.240 e. The molecule has 2 atom stereocenters. The topological polar surface area (TPSA) is 66.6 Å². The first-order valence-electron chi connectivity index (χ1n) is 6.62. The molecule has 18 heavy (non-hydrogen) atoms. The van der Waals surface area contributed by atoms with Gasteiger partial charge >= 0.3 is 0 Å². The quantitative estimate of drug-likeness (QED) is 0.792. The van der Waals surface area contributed by atoms with Crippen molar-refractivity contribution in [1.29, 1.82) is 0 Å². The second kappa shape index (κ2) is 6.18. The summed E-state index contributed by atoms with van der Waals surface area (Å²) in [5, 5.41) is 0. The van der Waals surface area contributed by atoms with Crippen molar-refractivity contribution in [2.75, 3.05) is 20.1 Å². The van der Waals surface area contributed by atoms with Crippen LogP contribution >= 0.6 is 0 Å². The van der Waals surface area contributed by atoms with Gasteiger partial charge in [-0.15, -0.1) is 0 Å². The van der Waals surface area contributed by atoms with Gasteiger partial charge in [-0.2, -0.15) is 0 Å². The van der Waals surface area contributed by atoms with Crippen LogP contribution in [0.15, 0.2) is 0 Å². The number of likely N-dealkylation sites (N-methyl/N-ethyl adjacent to an activating group) is 1. The summed E-state index contributed by atoms with van der Waals surface area (Å²) in [6.07, 6.45) is 1.95. The van der Waals surface area contributed by atoms with Crippen molar-refractivity contribution in [2.45, 2.75) is 45.7 Å². The molecule has 0 bridgehead atoms. The molecule has 5 heteroatoms. The number of rotatable bonds is 4. The molecule has 0 aromatic heterocycles. The van der Waals surface area contributed by atoms with E-state index in [1.165, 1.54) is 0 Å². The van der Waals surface area contributed by atoms with E-state index < -0.39 is 6.04 Å². The number of amides is 2. The SMILES string of the molecule is CC(=O)N(C)C[C@H]1CCCN1C(=O)[C@@H](N)C(C)C. The van der Waals surface area contributed by atoms with E-state index in [4.69, 9.17) is 5.73 Å². The van der Waals surface area contributed by atoms with Gasteiger partial charge in [0.25, 0.3) is 0 Å². The maximum absolute atomic E-state index is 12.2. The van der Waals surface area contributed by atoms with Crippen molar-refractivity contribution in [1.82, 2.24) is 9.80 Å². The van der Waals surface area contributed by atoms with Crippen molar-refractivity contribution in [3.05, 3.63) is 0 Å². The average molecular weight is 255 g/mol. The van der Waals surface area contributed by atoms with Crippen molar-refractivity contribution < 1.29 is 9.59 Å². The second-order valence-electron chi connectivity index (χ2n) is 5.50. The number of likely N-dealkylation sites (tertiary alicyclic amines) is 1. The monoisotopic (exact) mass is 255 g/mol. The number of nitrogens with two attached hydrogens (primary N) is 1. The Morgan fingerprint density at radius 2 is 2.06 bits per heavy atom. The van der Waals surface area contributed by atoms with Crippen molar-refractivity contribution in [3.63, 3.8) is 0 Å². The van der Waals surface area contributed by atoms with E-state index >= 15 is 0 Å². The number of hydrogen-bond donors (Lipinski definition) is 1. The summed E-state index contributed by atoms with van der Waals surface area (Å²) in [5.41, 5.74) is 5.92. The third-order valence-electron chi connectivity index (χ3n) is 3.69. The first kappa shape index (κ1) is 15.0. The number of nitrogens with zero attached hydrogens (tertiary/aromatic N) is 2. The van der Waals surface area contributed by atoms with E-state index in [-0.39, 0.29) is 23.8 Å². The molecule has 1 fully saturated rings. The van der Waals surface area contributed by atoms with E-state index in [1.54, 1.807) is 18.9 Å². The largest absolute Gasteiger partial charge is 0.344 e. The molecule has 1 rings (SSSR count). The van der Waals surface area contributed by atoms with E-state index in [9.17, 15) is 9.59 Å². The van der Waals surface area contributed by atoms with Crippen LogP contribution in [0, 0.1) is 5.92 Å². The Morgan fingerprint density at radius 3 is 2.56 bits per heavy atom. The van der Waals surface area contributed by atoms with Crippen molar-refractivity contribution in [2.24, 2.45) is 11.7 Å². The normalized spacial score (nSPS) is 21.2. The van der Waals surface area contributed by atoms with Crippen molar-refractivity contribution >= 4 is 11.8 Å². The Bertz CT molecular complexity index is 317. The Hall–Kier alpha value is -1.10. The van der Waals surface area contributed by atoms with E-state index in [2.05, 4.69) is 0 Å². The molecule has 1 aliphatic heterocycles. The lowest BCUT2D eigenvalue weighted by molar-refractivity contribution is -0.136. The zero-order valence-electron chi connectivity index (χ0n) is 11.8. The lowest BCUT2D eigenvalue weighted by atomic mass is 10.0. The minimum Gasteiger partial charge on any atom is -0.344 e. The minimum absolute atomic E-state index is 0.0180. The molecule has 0 aromatic carbocycles. The highest BCUT2D eigenvalue weighted by Gasteiger charge is 2.33. The predicted octanol–water partition coefficient (Wildman–Crippen LogP) is 0.439. The summed E-state index contributed by atoms with van der Waals surface area (Å²) >= 11 is 0. The molecule has 0 saturated carbocycles. The summed E-state index contributed by atoms with van der Waals surface area (Å²) in [5.74, 6) is 0.191. The third-order valence-corrected chi connectivity index (χ3v) is 3.69. The molecule has 0 spiro atoms. The van der Waals surface area contributed by atoms with Crippen LogP contribution in [0.3, 0.4) is 0 Å². The fourth-order valence-corrected chi connectivity index (χ4v) is 2.24. The van der Waals surface area contributed by atoms with Gasteiger partial charge in [0.15, 0.2) is 0 Å². The Balaban J connectivity index is 2.64. The zero-order chi connectivity index (χ0) is 13.9. The molecule has 1 heterocycles. The summed E-state index contributed by atoms with van der Waals surface area (Å²) < 4.78 is 0. The van der Waals surface area contributed by atoms with Gasteiger partial charge in [0.05, 0.1) is 6.04 Å². The van der Waals surface area contributed by atoms with Gasteiger partial charge in [-0.3, -0.25) is 9.59 Å². The lowest BCUT2D eigenvalue weighted by Gasteiger charge is -2.31.